The number of aromatic nitrogens is 2. The summed E-state index contributed by atoms with van der Waals surface area (Å²) >= 11 is 6.69. The molecule has 1 fully saturated rings. The van der Waals surface area contributed by atoms with Crippen LogP contribution in [0.4, 0.5) is 0 Å². The molecule has 0 radical (unpaired) electrons. The van der Waals surface area contributed by atoms with Crippen LogP contribution >= 0.6 is 11.6 Å². The van der Waals surface area contributed by atoms with Gasteiger partial charge in [-0.15, -0.1) is 0 Å². The Labute approximate surface area is 222 Å². The second kappa shape index (κ2) is 9.76. The van der Waals surface area contributed by atoms with E-state index in [1.165, 1.54) is 11.8 Å². The Balaban J connectivity index is 1.30. The highest BCUT2D eigenvalue weighted by atomic mass is 35.5. The molecule has 2 N–H and O–H groups in total. The van der Waals surface area contributed by atoms with Gasteiger partial charge in [-0.3, -0.25) is 4.79 Å². The summed E-state index contributed by atoms with van der Waals surface area (Å²) in [6.07, 6.45) is 9.35. The number of carbonyl (C=O) groups is 1. The van der Waals surface area contributed by atoms with Crippen LogP contribution in [0.1, 0.15) is 61.9 Å². The lowest BCUT2D eigenvalue weighted by Crippen LogP contribution is -2.36. The molecule has 2 aliphatic carbocycles. The zero-order valence-corrected chi connectivity index (χ0v) is 22.6. The third-order valence-electron chi connectivity index (χ3n) is 8.03. The molecule has 8 heteroatoms. The van der Waals surface area contributed by atoms with Crippen molar-refractivity contribution in [3.63, 3.8) is 0 Å². The molecule has 1 atom stereocenters. The van der Waals surface area contributed by atoms with Gasteiger partial charge in [0.15, 0.2) is 9.84 Å². The summed E-state index contributed by atoms with van der Waals surface area (Å²) in [5.74, 6) is 0.705. The normalized spacial score (nSPS) is 23.5. The van der Waals surface area contributed by atoms with E-state index in [0.717, 1.165) is 53.8 Å². The number of aliphatic carboxylic acids is 1. The smallest absolute Gasteiger partial charge is 0.303 e. The number of nitrogens with one attached hydrogen (secondary N) is 1. The van der Waals surface area contributed by atoms with E-state index in [1.807, 2.05) is 18.2 Å². The van der Waals surface area contributed by atoms with Crippen molar-refractivity contribution >= 4 is 33.5 Å². The van der Waals surface area contributed by atoms with Crippen molar-refractivity contribution in [1.29, 1.82) is 0 Å². The molecule has 1 aromatic heterocycles. The van der Waals surface area contributed by atoms with Crippen LogP contribution in [0.3, 0.4) is 0 Å². The minimum absolute atomic E-state index is 0.278. The molecule has 37 heavy (non-hydrogen) atoms. The zero-order valence-electron chi connectivity index (χ0n) is 21.0. The Hall–Kier alpha value is -2.90. The molecule has 2 aromatic carbocycles. The Morgan fingerprint density at radius 1 is 1.11 bits per heavy atom. The number of hydrogen-bond acceptors (Lipinski definition) is 4. The van der Waals surface area contributed by atoms with E-state index in [9.17, 15) is 13.2 Å². The summed E-state index contributed by atoms with van der Waals surface area (Å²) in [5.41, 5.74) is 5.68. The van der Waals surface area contributed by atoms with Crippen LogP contribution in [-0.4, -0.2) is 40.5 Å². The topological polar surface area (TPSA) is 100 Å². The van der Waals surface area contributed by atoms with E-state index < -0.39 is 20.6 Å². The van der Waals surface area contributed by atoms with Crippen molar-refractivity contribution in [3.05, 3.63) is 70.5 Å². The van der Waals surface area contributed by atoms with Crippen molar-refractivity contribution in [3.8, 4) is 22.5 Å². The number of benzene rings is 2. The monoisotopic (exact) mass is 538 g/mol. The molecule has 0 aliphatic heterocycles. The first-order valence-electron chi connectivity index (χ1n) is 12.6. The molecule has 0 saturated heterocycles. The number of halogens is 1. The Morgan fingerprint density at radius 2 is 1.78 bits per heavy atom. The summed E-state index contributed by atoms with van der Waals surface area (Å²) in [4.78, 5) is 18.9. The first kappa shape index (κ1) is 25.7. The molecule has 1 heterocycles. The lowest BCUT2D eigenvalue weighted by atomic mass is 9.77. The number of rotatable bonds is 6. The Kier molecular flexibility index (Phi) is 6.79. The molecule has 2 aliphatic rings. The fourth-order valence-corrected chi connectivity index (χ4v) is 6.52. The number of aromatic amines is 1. The van der Waals surface area contributed by atoms with Crippen molar-refractivity contribution < 1.29 is 18.3 Å². The van der Waals surface area contributed by atoms with Crippen LogP contribution in [0.5, 0.6) is 0 Å². The minimum atomic E-state index is -3.27. The molecule has 5 rings (SSSR count). The fraction of sp³-hybridized carbons (Fsp3) is 0.379. The van der Waals surface area contributed by atoms with Gasteiger partial charge in [-0.05, 0) is 79.3 Å². The van der Waals surface area contributed by atoms with E-state index >= 15 is 0 Å². The third-order valence-corrected chi connectivity index (χ3v) is 10.3. The summed E-state index contributed by atoms with van der Waals surface area (Å²) in [7, 11) is -3.27. The average molecular weight is 539 g/mol. The maximum atomic E-state index is 12.3. The lowest BCUT2D eigenvalue weighted by Gasteiger charge is -2.28. The maximum absolute atomic E-state index is 12.3. The second-order valence-corrected chi connectivity index (χ2v) is 13.6. The summed E-state index contributed by atoms with van der Waals surface area (Å²) in [5, 5.41) is 9.60. The number of hydrogen-bond donors (Lipinski definition) is 2. The van der Waals surface area contributed by atoms with Crippen LogP contribution in [0.2, 0.25) is 5.02 Å². The number of sulfone groups is 1. The molecule has 3 aromatic rings. The largest absolute Gasteiger partial charge is 0.481 e. The highest BCUT2D eigenvalue weighted by molar-refractivity contribution is 7.92. The standard InChI is InChI=1S/C29H31ClN2O4S/c1-29(37(2,35)36)14-13-25-26(17-29)32-28(31-25)23-12-11-22(16-24(23)30)21-9-7-20(8-10-21)19-5-3-18(4-6-19)15-27(33)34/h7-14,16,18-19H,3-6,15,17H2,1-2H3,(H,31,32)(H,33,34). The number of carboxylic acids is 1. The summed E-state index contributed by atoms with van der Waals surface area (Å²) in [6.45, 7) is 1.72. The number of H-pyrrole nitrogens is 1. The van der Waals surface area contributed by atoms with Gasteiger partial charge in [0.25, 0.3) is 0 Å². The Morgan fingerprint density at radius 3 is 2.41 bits per heavy atom. The second-order valence-electron chi connectivity index (χ2n) is 10.7. The third kappa shape index (κ3) is 5.25. The van der Waals surface area contributed by atoms with Gasteiger partial charge in [-0.1, -0.05) is 48.0 Å². The van der Waals surface area contributed by atoms with Gasteiger partial charge >= 0.3 is 5.97 Å². The highest BCUT2D eigenvalue weighted by Gasteiger charge is 2.37. The van der Waals surface area contributed by atoms with Crippen molar-refractivity contribution in [1.82, 2.24) is 9.97 Å². The molecule has 1 unspecified atom stereocenters. The molecule has 6 nitrogen and oxygen atoms in total. The molecular formula is C29H31ClN2O4S. The van der Waals surface area contributed by atoms with Crippen molar-refractivity contribution in [2.45, 2.75) is 56.1 Å². The van der Waals surface area contributed by atoms with Gasteiger partial charge in [0.05, 0.1) is 15.5 Å². The van der Waals surface area contributed by atoms with E-state index in [0.29, 0.717) is 29.1 Å². The number of imidazole rings is 1. The number of carboxylic acid groups (broad SMARTS) is 1. The molecule has 194 valence electrons. The van der Waals surface area contributed by atoms with E-state index in [2.05, 4.69) is 34.2 Å². The van der Waals surface area contributed by atoms with Gasteiger partial charge in [-0.2, -0.15) is 0 Å². The molecular weight excluding hydrogens is 508 g/mol. The fourth-order valence-electron chi connectivity index (χ4n) is 5.52. The van der Waals surface area contributed by atoms with Crippen LogP contribution in [-0.2, 0) is 21.1 Å². The molecule has 0 spiro atoms. The summed E-state index contributed by atoms with van der Waals surface area (Å²) in [6, 6.07) is 14.5. The van der Waals surface area contributed by atoms with E-state index in [-0.39, 0.29) is 6.42 Å². The van der Waals surface area contributed by atoms with E-state index in [1.54, 1.807) is 19.1 Å². The number of fused-ring (bicyclic) bond motifs is 1. The van der Waals surface area contributed by atoms with Gasteiger partial charge in [0, 0.05) is 30.4 Å². The zero-order chi connectivity index (χ0) is 26.4. The SMILES string of the molecule is CC1(S(C)(=O)=O)C=Cc2nc(-c3ccc(-c4ccc(C5CCC(CC(=O)O)CC5)cc4)cc3Cl)[nH]c2C1. The quantitative estimate of drug-likeness (QED) is 0.372. The first-order valence-corrected chi connectivity index (χ1v) is 14.9. The number of nitrogens with zero attached hydrogens (tertiary/aromatic N) is 1. The highest BCUT2D eigenvalue weighted by Crippen LogP contribution is 2.39. The van der Waals surface area contributed by atoms with Gasteiger partial charge < -0.3 is 10.1 Å². The molecule has 0 bridgehead atoms. The van der Waals surface area contributed by atoms with Crippen LogP contribution in [0, 0.1) is 5.92 Å². The van der Waals surface area contributed by atoms with Crippen molar-refractivity contribution in [2.24, 2.45) is 5.92 Å². The van der Waals surface area contributed by atoms with Crippen LogP contribution in [0.25, 0.3) is 28.6 Å². The first-order chi connectivity index (χ1) is 17.5. The predicted octanol–water partition coefficient (Wildman–Crippen LogP) is 6.52. The maximum Gasteiger partial charge on any atom is 0.303 e. The van der Waals surface area contributed by atoms with E-state index in [4.69, 9.17) is 16.7 Å². The van der Waals surface area contributed by atoms with Crippen LogP contribution in [0.15, 0.2) is 48.5 Å². The summed E-state index contributed by atoms with van der Waals surface area (Å²) < 4.78 is 23.6. The minimum Gasteiger partial charge on any atom is -0.481 e. The van der Waals surface area contributed by atoms with Gasteiger partial charge in [0.1, 0.15) is 5.82 Å². The Bertz CT molecular complexity index is 1470. The molecule has 1 saturated carbocycles. The predicted molar refractivity (Wildman–Crippen MR) is 147 cm³/mol. The van der Waals surface area contributed by atoms with Gasteiger partial charge in [-0.25, -0.2) is 13.4 Å². The van der Waals surface area contributed by atoms with Crippen LogP contribution < -0.4 is 0 Å². The van der Waals surface area contributed by atoms with Gasteiger partial charge in [0.2, 0.25) is 0 Å². The molecule has 0 amide bonds. The lowest BCUT2D eigenvalue weighted by molar-refractivity contribution is -0.138. The van der Waals surface area contributed by atoms with Crippen molar-refractivity contribution in [2.75, 3.05) is 6.26 Å². The average Bonchev–Trinajstić information content (AvgIpc) is 3.26.